The van der Waals surface area contributed by atoms with Crippen molar-refractivity contribution in [1.82, 2.24) is 10.2 Å². The molecule has 0 heterocycles. The zero-order valence-corrected chi connectivity index (χ0v) is 20.6. The van der Waals surface area contributed by atoms with Crippen LogP contribution >= 0.6 is 23.4 Å². The van der Waals surface area contributed by atoms with Crippen LogP contribution < -0.4 is 5.32 Å². The number of hydrogen-bond donors (Lipinski definition) is 1. The van der Waals surface area contributed by atoms with E-state index in [1.165, 1.54) is 16.7 Å². The van der Waals surface area contributed by atoms with Crippen LogP contribution in [-0.4, -0.2) is 34.6 Å². The maximum absolute atomic E-state index is 13.1. The van der Waals surface area contributed by atoms with Crippen LogP contribution in [0.2, 0.25) is 5.02 Å². The number of carbonyl (C=O) groups excluding carboxylic acids is 2. The Morgan fingerprint density at radius 2 is 1.65 bits per heavy atom. The van der Waals surface area contributed by atoms with Crippen molar-refractivity contribution in [2.45, 2.75) is 65.4 Å². The molecular formula is C25H33ClN2O2S. The highest BCUT2D eigenvalue weighted by Gasteiger charge is 2.26. The Hall–Kier alpha value is -1.98. The smallest absolute Gasteiger partial charge is 0.242 e. The fourth-order valence-electron chi connectivity index (χ4n) is 3.33. The van der Waals surface area contributed by atoms with Crippen LogP contribution in [0.25, 0.3) is 0 Å². The van der Waals surface area contributed by atoms with Gasteiger partial charge in [-0.1, -0.05) is 60.0 Å². The van der Waals surface area contributed by atoms with E-state index in [-0.39, 0.29) is 17.9 Å². The zero-order chi connectivity index (χ0) is 23.0. The fourth-order valence-corrected chi connectivity index (χ4v) is 4.30. The van der Waals surface area contributed by atoms with Gasteiger partial charge in [0.25, 0.3) is 0 Å². The highest BCUT2D eigenvalue weighted by molar-refractivity contribution is 7.99. The summed E-state index contributed by atoms with van der Waals surface area (Å²) in [6.07, 6.45) is 0.843. The summed E-state index contributed by atoms with van der Waals surface area (Å²) in [6, 6.07) is 13.4. The Bertz CT molecular complexity index is 865. The van der Waals surface area contributed by atoms with Crippen LogP contribution in [0.1, 0.15) is 49.4 Å². The van der Waals surface area contributed by atoms with E-state index in [1.807, 2.05) is 26.0 Å². The van der Waals surface area contributed by atoms with Crippen molar-refractivity contribution in [1.29, 1.82) is 0 Å². The van der Waals surface area contributed by atoms with Crippen LogP contribution in [0, 0.1) is 13.8 Å². The summed E-state index contributed by atoms with van der Waals surface area (Å²) >= 11 is 7.57. The molecule has 0 unspecified atom stereocenters. The van der Waals surface area contributed by atoms with Gasteiger partial charge in [0, 0.05) is 23.4 Å². The predicted octanol–water partition coefficient (Wildman–Crippen LogP) is 5.52. The van der Waals surface area contributed by atoms with Crippen molar-refractivity contribution >= 4 is 35.2 Å². The second-order valence-electron chi connectivity index (χ2n) is 8.13. The molecule has 0 saturated carbocycles. The van der Waals surface area contributed by atoms with Crippen molar-refractivity contribution < 1.29 is 9.59 Å². The van der Waals surface area contributed by atoms with Crippen LogP contribution in [0.4, 0.5) is 0 Å². The molecule has 2 aromatic carbocycles. The van der Waals surface area contributed by atoms with Crippen molar-refractivity contribution in [3.05, 3.63) is 69.7 Å². The lowest BCUT2D eigenvalue weighted by Gasteiger charge is -2.29. The second-order valence-corrected chi connectivity index (χ2v) is 9.55. The molecule has 2 aromatic rings. The molecule has 0 aromatic heterocycles. The summed E-state index contributed by atoms with van der Waals surface area (Å²) < 4.78 is 0. The molecule has 0 aliphatic heterocycles. The number of hydrogen-bond acceptors (Lipinski definition) is 3. The Morgan fingerprint density at radius 3 is 2.23 bits per heavy atom. The Labute approximate surface area is 195 Å². The van der Waals surface area contributed by atoms with E-state index in [4.69, 9.17) is 11.6 Å². The molecule has 0 fully saturated rings. The minimum absolute atomic E-state index is 0.0453. The van der Waals surface area contributed by atoms with Crippen molar-refractivity contribution in [2.75, 3.05) is 5.75 Å². The third-order valence-corrected chi connectivity index (χ3v) is 6.45. The first-order chi connectivity index (χ1) is 14.7. The quantitative estimate of drug-likeness (QED) is 0.507. The number of thioether (sulfide) groups is 1. The number of benzene rings is 2. The monoisotopic (exact) mass is 460 g/mol. The Kier molecular flexibility index (Phi) is 9.92. The lowest BCUT2D eigenvalue weighted by molar-refractivity contribution is -0.138. The third kappa shape index (κ3) is 8.23. The number of carbonyl (C=O) groups is 2. The molecule has 1 N–H and O–H groups in total. The molecule has 0 spiro atoms. The zero-order valence-electron chi connectivity index (χ0n) is 19.1. The first kappa shape index (κ1) is 25.3. The van der Waals surface area contributed by atoms with Gasteiger partial charge in [-0.15, -0.1) is 11.8 Å². The molecule has 0 bridgehead atoms. The molecule has 168 valence electrons. The first-order valence-electron chi connectivity index (χ1n) is 10.7. The number of aryl methyl sites for hydroxylation is 2. The lowest BCUT2D eigenvalue weighted by Crippen LogP contribution is -2.50. The number of amides is 2. The summed E-state index contributed by atoms with van der Waals surface area (Å²) in [7, 11) is 0. The third-order valence-electron chi connectivity index (χ3n) is 5.21. The highest BCUT2D eigenvalue weighted by atomic mass is 35.5. The largest absolute Gasteiger partial charge is 0.352 e. The van der Waals surface area contributed by atoms with Gasteiger partial charge in [0.1, 0.15) is 6.04 Å². The second kappa shape index (κ2) is 12.2. The normalized spacial score (nSPS) is 12.8. The summed E-state index contributed by atoms with van der Waals surface area (Å²) in [5.74, 6) is 0.907. The minimum atomic E-state index is -0.556. The average Bonchev–Trinajstić information content (AvgIpc) is 2.71. The van der Waals surface area contributed by atoms with E-state index in [2.05, 4.69) is 37.4 Å². The van der Waals surface area contributed by atoms with Gasteiger partial charge in [0.15, 0.2) is 0 Å². The molecule has 2 atom stereocenters. The van der Waals surface area contributed by atoms with Crippen LogP contribution in [-0.2, 0) is 21.9 Å². The van der Waals surface area contributed by atoms with Gasteiger partial charge < -0.3 is 10.2 Å². The van der Waals surface area contributed by atoms with E-state index in [0.717, 1.165) is 17.7 Å². The van der Waals surface area contributed by atoms with Crippen molar-refractivity contribution in [3.63, 3.8) is 0 Å². The van der Waals surface area contributed by atoms with Crippen LogP contribution in [0.3, 0.4) is 0 Å². The molecular weight excluding hydrogens is 428 g/mol. The lowest BCUT2D eigenvalue weighted by atomic mass is 10.1. The number of rotatable bonds is 10. The predicted molar refractivity (Wildman–Crippen MR) is 131 cm³/mol. The molecule has 2 rings (SSSR count). The van der Waals surface area contributed by atoms with Gasteiger partial charge in [-0.05, 0) is 57.4 Å². The number of nitrogens with one attached hydrogen (secondary N) is 1. The molecule has 0 saturated heterocycles. The van der Waals surface area contributed by atoms with Gasteiger partial charge in [-0.2, -0.15) is 0 Å². The van der Waals surface area contributed by atoms with E-state index < -0.39 is 6.04 Å². The summed E-state index contributed by atoms with van der Waals surface area (Å²) in [5, 5.41) is 3.64. The standard InChI is InChI=1S/C25H33ClN2O2S/c1-6-19(4)27-25(30)20(5)28(14-21-7-9-23(26)10-8-21)24(29)16-31-15-22-12-17(2)11-18(3)13-22/h7-13,19-20H,6,14-16H2,1-5H3,(H,27,30)/t19-,20-/m0/s1. The van der Waals surface area contributed by atoms with Gasteiger partial charge >= 0.3 is 0 Å². The van der Waals surface area contributed by atoms with E-state index in [0.29, 0.717) is 17.3 Å². The first-order valence-corrected chi connectivity index (χ1v) is 12.2. The molecule has 0 aliphatic carbocycles. The molecule has 2 amide bonds. The van der Waals surface area contributed by atoms with Gasteiger partial charge in [0.2, 0.25) is 11.8 Å². The summed E-state index contributed by atoms with van der Waals surface area (Å²) in [4.78, 5) is 27.5. The van der Waals surface area contributed by atoms with Crippen molar-refractivity contribution in [3.8, 4) is 0 Å². The minimum Gasteiger partial charge on any atom is -0.352 e. The maximum Gasteiger partial charge on any atom is 0.242 e. The fraction of sp³-hybridized carbons (Fsp3) is 0.440. The van der Waals surface area contributed by atoms with E-state index in [1.54, 1.807) is 35.7 Å². The Morgan fingerprint density at radius 1 is 1.03 bits per heavy atom. The molecule has 31 heavy (non-hydrogen) atoms. The Balaban J connectivity index is 2.08. The topological polar surface area (TPSA) is 49.4 Å². The van der Waals surface area contributed by atoms with Crippen LogP contribution in [0.5, 0.6) is 0 Å². The molecule has 4 nitrogen and oxygen atoms in total. The SMILES string of the molecule is CC[C@H](C)NC(=O)[C@H](C)N(Cc1ccc(Cl)cc1)C(=O)CSCc1cc(C)cc(C)c1. The van der Waals surface area contributed by atoms with E-state index in [9.17, 15) is 9.59 Å². The number of nitrogens with zero attached hydrogens (tertiary/aromatic N) is 1. The van der Waals surface area contributed by atoms with E-state index >= 15 is 0 Å². The molecule has 6 heteroatoms. The summed E-state index contributed by atoms with van der Waals surface area (Å²) in [5.41, 5.74) is 4.60. The maximum atomic E-state index is 13.1. The average molecular weight is 461 g/mol. The van der Waals surface area contributed by atoms with Gasteiger partial charge in [0.05, 0.1) is 5.75 Å². The highest BCUT2D eigenvalue weighted by Crippen LogP contribution is 2.19. The summed E-state index contributed by atoms with van der Waals surface area (Å²) in [6.45, 7) is 10.3. The van der Waals surface area contributed by atoms with Crippen LogP contribution in [0.15, 0.2) is 42.5 Å². The molecule has 0 aliphatic rings. The molecule has 0 radical (unpaired) electrons. The van der Waals surface area contributed by atoms with Crippen molar-refractivity contribution in [2.24, 2.45) is 0 Å². The number of halogens is 1. The van der Waals surface area contributed by atoms with Gasteiger partial charge in [-0.25, -0.2) is 0 Å². The van der Waals surface area contributed by atoms with Gasteiger partial charge in [-0.3, -0.25) is 9.59 Å².